The minimum absolute atomic E-state index is 0.331. The van der Waals surface area contributed by atoms with Gasteiger partial charge in [-0.05, 0) is 19.0 Å². The fourth-order valence-corrected chi connectivity index (χ4v) is 2.02. The SMILES string of the molecule is COc1ccc(-c2noc(C3CCNC3)n2)cn1. The number of methoxy groups -OCH3 is 1. The first-order chi connectivity index (χ1) is 8.86. The van der Waals surface area contributed by atoms with E-state index < -0.39 is 0 Å². The molecule has 2 aromatic rings. The standard InChI is InChI=1S/C12H14N4O2/c1-17-10-3-2-8(7-14-10)11-15-12(18-16-11)9-4-5-13-6-9/h2-3,7,9,13H,4-6H2,1H3. The second-order valence-corrected chi connectivity index (χ2v) is 4.24. The highest BCUT2D eigenvalue weighted by Crippen LogP contribution is 2.23. The van der Waals surface area contributed by atoms with E-state index in [1.807, 2.05) is 6.07 Å². The van der Waals surface area contributed by atoms with Crippen molar-refractivity contribution in [2.24, 2.45) is 0 Å². The predicted octanol–water partition coefficient (Wildman–Crippen LogP) is 1.22. The van der Waals surface area contributed by atoms with Gasteiger partial charge in [0.1, 0.15) is 0 Å². The number of hydrogen-bond donors (Lipinski definition) is 1. The molecule has 3 heterocycles. The minimum atomic E-state index is 0.331. The van der Waals surface area contributed by atoms with Crippen LogP contribution in [-0.2, 0) is 0 Å². The normalized spacial score (nSPS) is 19.1. The van der Waals surface area contributed by atoms with Crippen LogP contribution in [0.3, 0.4) is 0 Å². The number of nitrogens with zero attached hydrogens (tertiary/aromatic N) is 3. The van der Waals surface area contributed by atoms with Crippen molar-refractivity contribution >= 4 is 0 Å². The van der Waals surface area contributed by atoms with Crippen molar-refractivity contribution in [1.29, 1.82) is 0 Å². The van der Waals surface area contributed by atoms with Gasteiger partial charge in [0.15, 0.2) is 0 Å². The molecule has 0 spiro atoms. The van der Waals surface area contributed by atoms with Crippen LogP contribution in [0.2, 0.25) is 0 Å². The van der Waals surface area contributed by atoms with Crippen molar-refractivity contribution in [1.82, 2.24) is 20.4 Å². The smallest absolute Gasteiger partial charge is 0.231 e. The van der Waals surface area contributed by atoms with Crippen molar-refractivity contribution < 1.29 is 9.26 Å². The molecule has 0 aromatic carbocycles. The Bertz CT molecular complexity index is 517. The third-order valence-electron chi connectivity index (χ3n) is 3.05. The van der Waals surface area contributed by atoms with Gasteiger partial charge in [0.05, 0.1) is 13.0 Å². The van der Waals surface area contributed by atoms with Gasteiger partial charge in [0, 0.05) is 24.4 Å². The summed E-state index contributed by atoms with van der Waals surface area (Å²) in [7, 11) is 1.58. The van der Waals surface area contributed by atoms with Crippen LogP contribution in [0.15, 0.2) is 22.9 Å². The highest BCUT2D eigenvalue weighted by Gasteiger charge is 2.23. The van der Waals surface area contributed by atoms with E-state index in [4.69, 9.17) is 9.26 Å². The Labute approximate surface area is 104 Å². The molecule has 0 aliphatic carbocycles. The second kappa shape index (κ2) is 4.73. The van der Waals surface area contributed by atoms with Crippen LogP contribution in [0.25, 0.3) is 11.4 Å². The van der Waals surface area contributed by atoms with Crippen LogP contribution in [-0.4, -0.2) is 35.3 Å². The van der Waals surface area contributed by atoms with Gasteiger partial charge in [-0.15, -0.1) is 0 Å². The molecule has 0 amide bonds. The van der Waals surface area contributed by atoms with E-state index in [1.54, 1.807) is 19.4 Å². The van der Waals surface area contributed by atoms with E-state index in [0.717, 1.165) is 25.1 Å². The molecule has 0 radical (unpaired) electrons. The van der Waals surface area contributed by atoms with E-state index in [-0.39, 0.29) is 0 Å². The number of nitrogens with one attached hydrogen (secondary N) is 1. The fourth-order valence-electron chi connectivity index (χ4n) is 2.02. The third-order valence-corrected chi connectivity index (χ3v) is 3.05. The molecule has 0 saturated carbocycles. The van der Waals surface area contributed by atoms with Gasteiger partial charge in [-0.1, -0.05) is 5.16 Å². The Balaban J connectivity index is 1.82. The monoisotopic (exact) mass is 246 g/mol. The molecule has 6 nitrogen and oxygen atoms in total. The van der Waals surface area contributed by atoms with E-state index in [2.05, 4.69) is 20.4 Å². The Kier molecular flexibility index (Phi) is 2.93. The Morgan fingerprint density at radius 3 is 3.06 bits per heavy atom. The van der Waals surface area contributed by atoms with Crippen LogP contribution in [0.4, 0.5) is 0 Å². The quantitative estimate of drug-likeness (QED) is 0.877. The number of pyridine rings is 1. The molecule has 1 unspecified atom stereocenters. The van der Waals surface area contributed by atoms with Gasteiger partial charge >= 0.3 is 0 Å². The number of rotatable bonds is 3. The summed E-state index contributed by atoms with van der Waals surface area (Å²) in [4.78, 5) is 8.54. The summed E-state index contributed by atoms with van der Waals surface area (Å²) in [5, 5.41) is 7.27. The maximum absolute atomic E-state index is 5.30. The molecular weight excluding hydrogens is 232 g/mol. The molecule has 1 N–H and O–H groups in total. The second-order valence-electron chi connectivity index (χ2n) is 4.24. The van der Waals surface area contributed by atoms with E-state index >= 15 is 0 Å². The molecule has 94 valence electrons. The molecule has 6 heteroatoms. The molecule has 0 bridgehead atoms. The Morgan fingerprint density at radius 2 is 2.39 bits per heavy atom. The zero-order valence-corrected chi connectivity index (χ0v) is 10.1. The van der Waals surface area contributed by atoms with Crippen LogP contribution < -0.4 is 10.1 Å². The lowest BCUT2D eigenvalue weighted by Crippen LogP contribution is -2.08. The van der Waals surface area contributed by atoms with Crippen molar-refractivity contribution in [3.8, 4) is 17.3 Å². The first kappa shape index (κ1) is 11.2. The molecule has 1 saturated heterocycles. The predicted molar refractivity (Wildman–Crippen MR) is 64.3 cm³/mol. The average Bonchev–Trinajstić information content (AvgIpc) is 3.09. The first-order valence-corrected chi connectivity index (χ1v) is 5.91. The minimum Gasteiger partial charge on any atom is -0.481 e. The maximum Gasteiger partial charge on any atom is 0.231 e. The Hall–Kier alpha value is -1.95. The summed E-state index contributed by atoms with van der Waals surface area (Å²) < 4.78 is 10.3. The molecule has 1 aliphatic heterocycles. The topological polar surface area (TPSA) is 73.1 Å². The van der Waals surface area contributed by atoms with Crippen LogP contribution >= 0.6 is 0 Å². The molecule has 1 fully saturated rings. The van der Waals surface area contributed by atoms with E-state index in [0.29, 0.717) is 23.5 Å². The number of aromatic nitrogens is 3. The highest BCUT2D eigenvalue weighted by molar-refractivity contribution is 5.53. The van der Waals surface area contributed by atoms with Crippen molar-refractivity contribution in [3.05, 3.63) is 24.2 Å². The van der Waals surface area contributed by atoms with Crippen molar-refractivity contribution in [2.45, 2.75) is 12.3 Å². The molecule has 1 atom stereocenters. The van der Waals surface area contributed by atoms with Crippen molar-refractivity contribution in [3.63, 3.8) is 0 Å². The Morgan fingerprint density at radius 1 is 1.44 bits per heavy atom. The van der Waals surface area contributed by atoms with Crippen LogP contribution in [0, 0.1) is 0 Å². The van der Waals surface area contributed by atoms with Gasteiger partial charge in [-0.3, -0.25) is 0 Å². The number of hydrogen-bond acceptors (Lipinski definition) is 6. The third kappa shape index (κ3) is 2.06. The molecule has 1 aliphatic rings. The van der Waals surface area contributed by atoms with Crippen LogP contribution in [0.1, 0.15) is 18.2 Å². The van der Waals surface area contributed by atoms with Crippen LogP contribution in [0.5, 0.6) is 5.88 Å². The van der Waals surface area contributed by atoms with Gasteiger partial charge in [0.25, 0.3) is 0 Å². The summed E-state index contributed by atoms with van der Waals surface area (Å²) in [6.45, 7) is 1.91. The summed E-state index contributed by atoms with van der Waals surface area (Å²) in [5.41, 5.74) is 0.830. The van der Waals surface area contributed by atoms with Gasteiger partial charge < -0.3 is 14.6 Å². The largest absolute Gasteiger partial charge is 0.481 e. The molecule has 18 heavy (non-hydrogen) atoms. The summed E-state index contributed by atoms with van der Waals surface area (Å²) in [5.74, 6) is 2.18. The summed E-state index contributed by atoms with van der Waals surface area (Å²) in [6, 6.07) is 3.65. The fraction of sp³-hybridized carbons (Fsp3) is 0.417. The van der Waals surface area contributed by atoms with Gasteiger partial charge in [0.2, 0.25) is 17.6 Å². The molecule has 3 rings (SSSR count). The highest BCUT2D eigenvalue weighted by atomic mass is 16.5. The maximum atomic E-state index is 5.30. The number of ether oxygens (including phenoxy) is 1. The lowest BCUT2D eigenvalue weighted by atomic mass is 10.1. The van der Waals surface area contributed by atoms with Crippen molar-refractivity contribution in [2.75, 3.05) is 20.2 Å². The lowest BCUT2D eigenvalue weighted by molar-refractivity contribution is 0.359. The summed E-state index contributed by atoms with van der Waals surface area (Å²) >= 11 is 0. The van der Waals surface area contributed by atoms with Gasteiger partial charge in [-0.2, -0.15) is 4.98 Å². The lowest BCUT2D eigenvalue weighted by Gasteiger charge is -1.99. The molecular formula is C12H14N4O2. The zero-order chi connectivity index (χ0) is 12.4. The first-order valence-electron chi connectivity index (χ1n) is 5.91. The van der Waals surface area contributed by atoms with E-state index in [9.17, 15) is 0 Å². The summed E-state index contributed by atoms with van der Waals surface area (Å²) in [6.07, 6.45) is 2.73. The van der Waals surface area contributed by atoms with E-state index in [1.165, 1.54) is 0 Å². The average molecular weight is 246 g/mol. The zero-order valence-electron chi connectivity index (χ0n) is 10.1. The molecule has 2 aromatic heterocycles. The van der Waals surface area contributed by atoms with Gasteiger partial charge in [-0.25, -0.2) is 4.98 Å².